The van der Waals surface area contributed by atoms with E-state index in [0.717, 1.165) is 23.3 Å². The molecule has 2 aromatic rings. The summed E-state index contributed by atoms with van der Waals surface area (Å²) in [6.07, 6.45) is 0. The van der Waals surface area contributed by atoms with Gasteiger partial charge in [0, 0.05) is 19.5 Å². The van der Waals surface area contributed by atoms with Gasteiger partial charge in [0.1, 0.15) is 0 Å². The van der Waals surface area contributed by atoms with E-state index in [1.54, 1.807) is 11.3 Å². The Morgan fingerprint density at radius 2 is 1.89 bits per heavy atom. The molecular weight excluding hydrogens is 446 g/mol. The molecule has 1 heterocycles. The Labute approximate surface area is 135 Å². The molecule has 1 atom stereocenters. The molecule has 2 N–H and O–H groups in total. The Morgan fingerprint density at radius 1 is 1.17 bits per heavy atom. The lowest BCUT2D eigenvalue weighted by Gasteiger charge is -2.17. The number of rotatable bonds is 4. The van der Waals surface area contributed by atoms with Crippen LogP contribution in [0.5, 0.6) is 0 Å². The summed E-state index contributed by atoms with van der Waals surface area (Å²) in [6.45, 7) is 0.0424. The lowest BCUT2D eigenvalue weighted by atomic mass is 10.2. The first-order valence-corrected chi connectivity index (χ1v) is 8.38. The van der Waals surface area contributed by atoms with E-state index in [-0.39, 0.29) is 12.6 Å². The van der Waals surface area contributed by atoms with Crippen LogP contribution in [0.4, 0.5) is 5.69 Å². The summed E-state index contributed by atoms with van der Waals surface area (Å²) in [5.74, 6) is 0. The molecule has 1 aromatic heterocycles. The molecule has 0 saturated carbocycles. The highest BCUT2D eigenvalue weighted by Gasteiger charge is 2.15. The Kier molecular flexibility index (Phi) is 5.26. The van der Waals surface area contributed by atoms with Gasteiger partial charge < -0.3 is 10.4 Å². The zero-order chi connectivity index (χ0) is 13.1. The highest BCUT2D eigenvalue weighted by Crippen LogP contribution is 2.37. The summed E-state index contributed by atoms with van der Waals surface area (Å²) >= 11 is 12.0. The van der Waals surface area contributed by atoms with E-state index in [9.17, 15) is 5.11 Å². The van der Waals surface area contributed by atoms with E-state index in [1.165, 1.54) is 0 Å². The molecule has 0 saturated heterocycles. The van der Waals surface area contributed by atoms with E-state index >= 15 is 0 Å². The van der Waals surface area contributed by atoms with Crippen molar-refractivity contribution in [1.82, 2.24) is 0 Å². The van der Waals surface area contributed by atoms with E-state index in [4.69, 9.17) is 0 Å². The standard InChI is InChI=1S/C12H10Br3NOS/c13-7-3-1-2-4-9(7)16-10(6-17)11-5-8(14)12(15)18-11/h1-5,10,16-17H,6H2. The molecule has 0 aliphatic heterocycles. The fourth-order valence-corrected chi connectivity index (χ4v) is 4.04. The largest absolute Gasteiger partial charge is 0.394 e. The Morgan fingerprint density at radius 3 is 2.44 bits per heavy atom. The van der Waals surface area contributed by atoms with Gasteiger partial charge in [0.15, 0.2) is 0 Å². The third-order valence-electron chi connectivity index (χ3n) is 2.39. The average molecular weight is 456 g/mol. The molecule has 0 radical (unpaired) electrons. The number of benzene rings is 1. The first kappa shape index (κ1) is 14.5. The van der Waals surface area contributed by atoms with Gasteiger partial charge in [0.25, 0.3) is 0 Å². The normalized spacial score (nSPS) is 12.4. The maximum Gasteiger partial charge on any atom is 0.0844 e. The molecule has 0 fully saturated rings. The van der Waals surface area contributed by atoms with Gasteiger partial charge in [-0.25, -0.2) is 0 Å². The van der Waals surface area contributed by atoms with Crippen LogP contribution in [0.2, 0.25) is 0 Å². The average Bonchev–Trinajstić information content (AvgIpc) is 2.68. The van der Waals surface area contributed by atoms with E-state index < -0.39 is 0 Å². The first-order chi connectivity index (χ1) is 8.61. The van der Waals surface area contributed by atoms with Crippen molar-refractivity contribution in [3.05, 3.63) is 47.9 Å². The van der Waals surface area contributed by atoms with E-state index in [2.05, 4.69) is 53.1 Å². The Bertz CT molecular complexity index is 524. The van der Waals surface area contributed by atoms with E-state index in [0.29, 0.717) is 0 Å². The van der Waals surface area contributed by atoms with Crippen molar-refractivity contribution < 1.29 is 5.11 Å². The number of hydrogen-bond acceptors (Lipinski definition) is 3. The minimum absolute atomic E-state index is 0.0424. The molecule has 0 spiro atoms. The summed E-state index contributed by atoms with van der Waals surface area (Å²) < 4.78 is 3.03. The maximum absolute atomic E-state index is 9.53. The SMILES string of the molecule is OCC(Nc1ccccc1Br)c1cc(Br)c(Br)s1. The van der Waals surface area contributed by atoms with Gasteiger partial charge >= 0.3 is 0 Å². The van der Waals surface area contributed by atoms with Crippen molar-refractivity contribution in [3.8, 4) is 0 Å². The molecule has 1 unspecified atom stereocenters. The highest BCUT2D eigenvalue weighted by molar-refractivity contribution is 9.13. The fourth-order valence-electron chi connectivity index (χ4n) is 1.51. The van der Waals surface area contributed by atoms with Crippen LogP contribution in [0, 0.1) is 0 Å². The van der Waals surface area contributed by atoms with Gasteiger partial charge in [0.2, 0.25) is 0 Å². The number of hydrogen-bond donors (Lipinski definition) is 2. The lowest BCUT2D eigenvalue weighted by molar-refractivity contribution is 0.277. The van der Waals surface area contributed by atoms with Gasteiger partial charge in [-0.1, -0.05) is 12.1 Å². The van der Waals surface area contributed by atoms with Crippen LogP contribution >= 0.6 is 59.1 Å². The fraction of sp³-hybridized carbons (Fsp3) is 0.167. The summed E-state index contributed by atoms with van der Waals surface area (Å²) in [5.41, 5.74) is 0.970. The molecule has 0 bridgehead atoms. The van der Waals surface area contributed by atoms with Crippen LogP contribution in [-0.4, -0.2) is 11.7 Å². The number of nitrogens with one attached hydrogen (secondary N) is 1. The van der Waals surface area contributed by atoms with Crippen LogP contribution in [0.25, 0.3) is 0 Å². The van der Waals surface area contributed by atoms with Gasteiger partial charge in [0.05, 0.1) is 16.4 Å². The Hall–Kier alpha value is 0.120. The molecule has 2 rings (SSSR count). The molecule has 2 nitrogen and oxygen atoms in total. The third-order valence-corrected chi connectivity index (χ3v) is 6.46. The molecule has 6 heteroatoms. The van der Waals surface area contributed by atoms with Crippen LogP contribution in [0.15, 0.2) is 43.1 Å². The maximum atomic E-state index is 9.53. The number of para-hydroxylation sites is 1. The summed E-state index contributed by atoms with van der Waals surface area (Å²) in [4.78, 5) is 1.08. The molecule has 1 aromatic carbocycles. The topological polar surface area (TPSA) is 32.3 Å². The predicted octanol–water partition coefficient (Wildman–Crippen LogP) is 5.18. The summed E-state index contributed by atoms with van der Waals surface area (Å²) in [6, 6.07) is 9.76. The Balaban J connectivity index is 2.22. The number of aliphatic hydroxyl groups excluding tert-OH is 1. The predicted molar refractivity (Wildman–Crippen MR) is 87.3 cm³/mol. The third kappa shape index (κ3) is 3.36. The van der Waals surface area contributed by atoms with Crippen molar-refractivity contribution >= 4 is 64.8 Å². The highest BCUT2D eigenvalue weighted by atomic mass is 79.9. The molecular formula is C12H10Br3NOS. The van der Waals surface area contributed by atoms with Crippen LogP contribution in [-0.2, 0) is 0 Å². The smallest absolute Gasteiger partial charge is 0.0844 e. The second-order valence-electron chi connectivity index (χ2n) is 3.63. The van der Waals surface area contributed by atoms with E-state index in [1.807, 2.05) is 30.3 Å². The number of thiophene rings is 1. The second-order valence-corrected chi connectivity index (χ2v) is 7.74. The van der Waals surface area contributed by atoms with Gasteiger partial charge in [-0.05, 0) is 66.0 Å². The van der Waals surface area contributed by atoms with Gasteiger partial charge in [-0.2, -0.15) is 0 Å². The van der Waals surface area contributed by atoms with Crippen molar-refractivity contribution in [2.45, 2.75) is 6.04 Å². The zero-order valence-electron chi connectivity index (χ0n) is 9.16. The quantitative estimate of drug-likeness (QED) is 0.665. The van der Waals surface area contributed by atoms with Crippen molar-refractivity contribution in [2.75, 3.05) is 11.9 Å². The molecule has 96 valence electrons. The summed E-state index contributed by atoms with van der Waals surface area (Å²) in [7, 11) is 0. The van der Waals surface area contributed by atoms with Gasteiger partial charge in [-0.3, -0.25) is 0 Å². The van der Waals surface area contributed by atoms with Crippen molar-refractivity contribution in [2.24, 2.45) is 0 Å². The minimum Gasteiger partial charge on any atom is -0.394 e. The lowest BCUT2D eigenvalue weighted by Crippen LogP contribution is -2.13. The number of halogens is 3. The van der Waals surface area contributed by atoms with Crippen molar-refractivity contribution in [1.29, 1.82) is 0 Å². The minimum atomic E-state index is -0.115. The monoisotopic (exact) mass is 453 g/mol. The van der Waals surface area contributed by atoms with Crippen LogP contribution in [0.3, 0.4) is 0 Å². The molecule has 18 heavy (non-hydrogen) atoms. The number of anilines is 1. The van der Waals surface area contributed by atoms with Crippen LogP contribution in [0.1, 0.15) is 10.9 Å². The molecule has 0 aliphatic rings. The van der Waals surface area contributed by atoms with Crippen molar-refractivity contribution in [3.63, 3.8) is 0 Å². The van der Waals surface area contributed by atoms with Crippen LogP contribution < -0.4 is 5.32 Å². The first-order valence-electron chi connectivity index (χ1n) is 5.18. The summed E-state index contributed by atoms with van der Waals surface area (Å²) in [5, 5.41) is 12.9. The second kappa shape index (κ2) is 6.52. The molecule has 0 aliphatic carbocycles. The molecule has 0 amide bonds. The zero-order valence-corrected chi connectivity index (χ0v) is 14.7. The van der Waals surface area contributed by atoms with Gasteiger partial charge in [-0.15, -0.1) is 11.3 Å². The number of aliphatic hydroxyl groups is 1.